The van der Waals surface area contributed by atoms with Gasteiger partial charge in [-0.1, -0.05) is 19.8 Å². The summed E-state index contributed by atoms with van der Waals surface area (Å²) in [5.74, 6) is -0.303. The lowest BCUT2D eigenvalue weighted by Gasteiger charge is -2.20. The molecule has 1 fully saturated rings. The molecule has 98 valence electrons. The zero-order chi connectivity index (χ0) is 12.7. The number of likely N-dealkylation sites (N-methyl/N-ethyl adjacent to an activating group) is 1. The topological polar surface area (TPSA) is 58.6 Å². The fourth-order valence-electron chi connectivity index (χ4n) is 2.07. The van der Waals surface area contributed by atoms with Crippen LogP contribution >= 0.6 is 0 Å². The first kappa shape index (κ1) is 14.0. The zero-order valence-corrected chi connectivity index (χ0v) is 10.7. The van der Waals surface area contributed by atoms with E-state index in [1.807, 2.05) is 6.92 Å². The van der Waals surface area contributed by atoms with Crippen LogP contribution in [0.25, 0.3) is 0 Å². The maximum absolute atomic E-state index is 11.7. The Balaban J connectivity index is 2.28. The number of nitrogens with zero attached hydrogens (tertiary/aromatic N) is 1. The largest absolute Gasteiger partial charge is 0.468 e. The second kappa shape index (κ2) is 7.27. The minimum Gasteiger partial charge on any atom is -0.468 e. The third kappa shape index (κ3) is 5.17. The van der Waals surface area contributed by atoms with Gasteiger partial charge in [0.15, 0.2) is 0 Å². The van der Waals surface area contributed by atoms with Crippen LogP contribution in [0.4, 0.5) is 0 Å². The molecule has 1 aliphatic rings. The Bertz CT molecular complexity index is 262. The van der Waals surface area contributed by atoms with E-state index in [0.717, 1.165) is 12.8 Å². The van der Waals surface area contributed by atoms with Crippen LogP contribution < -0.4 is 5.32 Å². The standard InChI is InChI=1S/C12H22N2O3/c1-3-14(9-12(16)17-2)8-11(15)13-10-6-4-5-7-10/h10H,3-9H2,1-2H3,(H,13,15). The van der Waals surface area contributed by atoms with E-state index in [1.54, 1.807) is 4.90 Å². The fourth-order valence-corrected chi connectivity index (χ4v) is 2.07. The summed E-state index contributed by atoms with van der Waals surface area (Å²) in [6, 6.07) is 0.333. The summed E-state index contributed by atoms with van der Waals surface area (Å²) in [6.45, 7) is 3.02. The van der Waals surface area contributed by atoms with Gasteiger partial charge in [-0.2, -0.15) is 0 Å². The van der Waals surface area contributed by atoms with E-state index >= 15 is 0 Å². The van der Waals surface area contributed by atoms with Gasteiger partial charge in [-0.15, -0.1) is 0 Å². The molecule has 0 unspecified atom stereocenters. The number of rotatable bonds is 6. The Morgan fingerprint density at radius 3 is 2.47 bits per heavy atom. The van der Waals surface area contributed by atoms with Gasteiger partial charge in [0.25, 0.3) is 0 Å². The number of carbonyl (C=O) groups excluding carboxylic acids is 2. The van der Waals surface area contributed by atoms with Gasteiger partial charge in [-0.3, -0.25) is 14.5 Å². The molecule has 0 aromatic heterocycles. The van der Waals surface area contributed by atoms with Crippen molar-refractivity contribution >= 4 is 11.9 Å². The minimum absolute atomic E-state index is 0.00246. The molecule has 0 bridgehead atoms. The highest BCUT2D eigenvalue weighted by Gasteiger charge is 2.19. The lowest BCUT2D eigenvalue weighted by atomic mass is 10.2. The molecule has 17 heavy (non-hydrogen) atoms. The molecule has 0 atom stereocenters. The lowest BCUT2D eigenvalue weighted by molar-refractivity contribution is -0.142. The van der Waals surface area contributed by atoms with E-state index in [4.69, 9.17) is 0 Å². The van der Waals surface area contributed by atoms with Gasteiger partial charge < -0.3 is 10.1 Å². The Labute approximate surface area is 102 Å². The van der Waals surface area contributed by atoms with Crippen molar-refractivity contribution in [1.29, 1.82) is 0 Å². The van der Waals surface area contributed by atoms with Crippen molar-refractivity contribution in [2.24, 2.45) is 0 Å². The predicted octanol–water partition coefficient (Wildman–Crippen LogP) is 0.540. The lowest BCUT2D eigenvalue weighted by Crippen LogP contribution is -2.42. The van der Waals surface area contributed by atoms with Crippen molar-refractivity contribution in [2.75, 3.05) is 26.7 Å². The molecule has 5 nitrogen and oxygen atoms in total. The van der Waals surface area contributed by atoms with Crippen LogP contribution in [-0.4, -0.2) is 49.6 Å². The molecule has 1 rings (SSSR count). The second-order valence-electron chi connectivity index (χ2n) is 4.43. The van der Waals surface area contributed by atoms with Crippen molar-refractivity contribution in [1.82, 2.24) is 10.2 Å². The van der Waals surface area contributed by atoms with Crippen molar-refractivity contribution < 1.29 is 14.3 Å². The number of methoxy groups -OCH3 is 1. The summed E-state index contributed by atoms with van der Waals surface area (Å²) < 4.78 is 4.59. The molecule has 1 N–H and O–H groups in total. The summed E-state index contributed by atoms with van der Waals surface area (Å²) in [6.07, 6.45) is 4.55. The Morgan fingerprint density at radius 2 is 1.94 bits per heavy atom. The molecular formula is C12H22N2O3. The monoisotopic (exact) mass is 242 g/mol. The molecule has 0 aliphatic heterocycles. The van der Waals surface area contributed by atoms with Crippen LogP contribution in [0, 0.1) is 0 Å². The first-order valence-corrected chi connectivity index (χ1v) is 6.24. The highest BCUT2D eigenvalue weighted by molar-refractivity contribution is 5.79. The van der Waals surface area contributed by atoms with Crippen LogP contribution in [0.5, 0.6) is 0 Å². The molecule has 0 saturated heterocycles. The molecule has 5 heteroatoms. The Hall–Kier alpha value is -1.10. The van der Waals surface area contributed by atoms with E-state index in [1.165, 1.54) is 20.0 Å². The van der Waals surface area contributed by atoms with E-state index < -0.39 is 0 Å². The molecule has 0 radical (unpaired) electrons. The van der Waals surface area contributed by atoms with Gasteiger partial charge >= 0.3 is 5.97 Å². The second-order valence-corrected chi connectivity index (χ2v) is 4.43. The Kier molecular flexibility index (Phi) is 5.97. The third-order valence-electron chi connectivity index (χ3n) is 3.12. The van der Waals surface area contributed by atoms with Gasteiger partial charge in [0.2, 0.25) is 5.91 Å². The third-order valence-corrected chi connectivity index (χ3v) is 3.12. The van der Waals surface area contributed by atoms with Gasteiger partial charge in [0, 0.05) is 6.04 Å². The van der Waals surface area contributed by atoms with E-state index in [-0.39, 0.29) is 25.0 Å². The minimum atomic E-state index is -0.305. The van der Waals surface area contributed by atoms with Crippen LogP contribution in [0.1, 0.15) is 32.6 Å². The average Bonchev–Trinajstić information content (AvgIpc) is 2.80. The summed E-state index contributed by atoms with van der Waals surface area (Å²) in [5, 5.41) is 3.00. The van der Waals surface area contributed by atoms with E-state index in [2.05, 4.69) is 10.1 Å². The summed E-state index contributed by atoms with van der Waals surface area (Å²) in [4.78, 5) is 24.6. The maximum atomic E-state index is 11.7. The van der Waals surface area contributed by atoms with E-state index in [9.17, 15) is 9.59 Å². The first-order chi connectivity index (χ1) is 8.15. The summed E-state index contributed by atoms with van der Waals surface area (Å²) >= 11 is 0. The predicted molar refractivity (Wildman–Crippen MR) is 64.5 cm³/mol. The number of amides is 1. The van der Waals surface area contributed by atoms with Crippen LogP contribution in [0.3, 0.4) is 0 Å². The number of hydrogen-bond acceptors (Lipinski definition) is 4. The quantitative estimate of drug-likeness (QED) is 0.691. The molecule has 0 heterocycles. The molecule has 0 aromatic rings. The molecule has 1 saturated carbocycles. The van der Waals surface area contributed by atoms with Gasteiger partial charge in [0.05, 0.1) is 20.2 Å². The number of carbonyl (C=O) groups is 2. The number of ether oxygens (including phenoxy) is 1. The summed E-state index contributed by atoms with van der Waals surface area (Å²) in [5.41, 5.74) is 0. The SMILES string of the molecule is CCN(CC(=O)NC1CCCC1)CC(=O)OC. The number of esters is 1. The highest BCUT2D eigenvalue weighted by atomic mass is 16.5. The highest BCUT2D eigenvalue weighted by Crippen LogP contribution is 2.17. The van der Waals surface area contributed by atoms with Gasteiger partial charge in [-0.25, -0.2) is 0 Å². The normalized spacial score (nSPS) is 16.2. The molecule has 0 spiro atoms. The van der Waals surface area contributed by atoms with Crippen molar-refractivity contribution in [3.63, 3.8) is 0 Å². The molecule has 1 aliphatic carbocycles. The zero-order valence-electron chi connectivity index (χ0n) is 10.7. The van der Waals surface area contributed by atoms with Crippen LogP contribution in [0.15, 0.2) is 0 Å². The van der Waals surface area contributed by atoms with Gasteiger partial charge in [-0.05, 0) is 19.4 Å². The maximum Gasteiger partial charge on any atom is 0.319 e. The molecule has 1 amide bonds. The van der Waals surface area contributed by atoms with Gasteiger partial charge in [0.1, 0.15) is 0 Å². The van der Waals surface area contributed by atoms with E-state index in [0.29, 0.717) is 12.6 Å². The Morgan fingerprint density at radius 1 is 1.29 bits per heavy atom. The first-order valence-electron chi connectivity index (χ1n) is 6.24. The molecule has 0 aromatic carbocycles. The van der Waals surface area contributed by atoms with Crippen LogP contribution in [0.2, 0.25) is 0 Å². The number of hydrogen-bond donors (Lipinski definition) is 1. The van der Waals surface area contributed by atoms with Crippen LogP contribution in [-0.2, 0) is 14.3 Å². The average molecular weight is 242 g/mol. The molecular weight excluding hydrogens is 220 g/mol. The number of nitrogens with one attached hydrogen (secondary N) is 1. The van der Waals surface area contributed by atoms with Crippen molar-refractivity contribution in [2.45, 2.75) is 38.6 Å². The fraction of sp³-hybridized carbons (Fsp3) is 0.833. The van der Waals surface area contributed by atoms with Crippen molar-refractivity contribution in [3.05, 3.63) is 0 Å². The smallest absolute Gasteiger partial charge is 0.319 e. The summed E-state index contributed by atoms with van der Waals surface area (Å²) in [7, 11) is 1.36. The van der Waals surface area contributed by atoms with Crippen molar-refractivity contribution in [3.8, 4) is 0 Å².